The first-order valence-electron chi connectivity index (χ1n) is 9.55. The van der Waals surface area contributed by atoms with E-state index in [1.807, 2.05) is 42.5 Å². The molecule has 2 aliphatic rings. The van der Waals surface area contributed by atoms with Crippen molar-refractivity contribution < 1.29 is 17.9 Å². The van der Waals surface area contributed by atoms with Crippen LogP contribution in [0.1, 0.15) is 22.9 Å². The van der Waals surface area contributed by atoms with E-state index < -0.39 is 11.9 Å². The van der Waals surface area contributed by atoms with Gasteiger partial charge >= 0.3 is 6.18 Å². The van der Waals surface area contributed by atoms with Crippen molar-refractivity contribution in [3.8, 4) is 11.4 Å². The quantitative estimate of drug-likeness (QED) is 0.627. The molecule has 2 aromatic carbocycles. The Hall–Kier alpha value is -3.48. The molecule has 0 saturated heterocycles. The summed E-state index contributed by atoms with van der Waals surface area (Å²) in [6, 6.07) is 15.9. The fraction of sp³-hybridized carbons (Fsp3) is 0.174. The van der Waals surface area contributed by atoms with E-state index in [1.54, 1.807) is 31.3 Å². The number of hydrogen-bond acceptors (Lipinski definition) is 3. The van der Waals surface area contributed by atoms with E-state index in [4.69, 9.17) is 4.74 Å². The smallest absolute Gasteiger partial charge is 0.435 e. The molecule has 0 spiro atoms. The highest BCUT2D eigenvalue weighted by molar-refractivity contribution is 5.76. The monoisotopic (exact) mass is 409 g/mol. The third-order valence-electron chi connectivity index (χ3n) is 5.42. The number of rotatable bonds is 3. The van der Waals surface area contributed by atoms with Crippen LogP contribution in [-0.2, 0) is 6.18 Å². The number of allylic oxidation sites excluding steroid dienone is 2. The molecule has 2 heterocycles. The minimum atomic E-state index is -4.54. The zero-order valence-corrected chi connectivity index (χ0v) is 16.0. The second-order valence-electron chi connectivity index (χ2n) is 7.25. The third-order valence-corrected chi connectivity index (χ3v) is 5.42. The molecule has 1 N–H and O–H groups in total. The number of halogens is 3. The van der Waals surface area contributed by atoms with Gasteiger partial charge in [0.15, 0.2) is 5.69 Å². The van der Waals surface area contributed by atoms with Crippen LogP contribution >= 0.6 is 0 Å². The largest absolute Gasteiger partial charge is 0.485 e. The zero-order valence-electron chi connectivity index (χ0n) is 16.0. The molecular weight excluding hydrogens is 391 g/mol. The van der Waals surface area contributed by atoms with E-state index >= 15 is 0 Å². The van der Waals surface area contributed by atoms with E-state index in [0.717, 1.165) is 23.1 Å². The lowest BCUT2D eigenvalue weighted by molar-refractivity contribution is -0.141. The molecule has 1 aliphatic carbocycles. The third kappa shape index (κ3) is 3.07. The first-order valence-corrected chi connectivity index (χ1v) is 9.55. The van der Waals surface area contributed by atoms with Crippen LogP contribution in [0.2, 0.25) is 0 Å². The van der Waals surface area contributed by atoms with Crippen LogP contribution in [0.3, 0.4) is 0 Å². The summed E-state index contributed by atoms with van der Waals surface area (Å²) in [4.78, 5) is 0. The lowest BCUT2D eigenvalue weighted by Gasteiger charge is -2.19. The minimum absolute atomic E-state index is 0.0540. The molecule has 5 rings (SSSR count). The van der Waals surface area contributed by atoms with Gasteiger partial charge in [-0.1, -0.05) is 30.4 Å². The van der Waals surface area contributed by atoms with E-state index in [1.165, 1.54) is 4.68 Å². The van der Waals surface area contributed by atoms with Crippen LogP contribution in [0.15, 0.2) is 72.8 Å². The lowest BCUT2D eigenvalue weighted by atomic mass is 9.89. The number of nitrogens with one attached hydrogen (secondary N) is 1. The molecule has 7 heteroatoms. The van der Waals surface area contributed by atoms with E-state index in [-0.39, 0.29) is 12.0 Å². The summed E-state index contributed by atoms with van der Waals surface area (Å²) in [6.07, 6.45) is 0.919. The van der Waals surface area contributed by atoms with Crippen LogP contribution in [0.4, 0.5) is 18.9 Å². The predicted octanol–water partition coefficient (Wildman–Crippen LogP) is 5.43. The molecular formula is C23H18F3N3O. The molecule has 1 aliphatic heterocycles. The molecule has 3 aromatic rings. The number of fused-ring (bicyclic) bond motifs is 3. The number of alkyl halides is 3. The predicted molar refractivity (Wildman–Crippen MR) is 109 cm³/mol. The summed E-state index contributed by atoms with van der Waals surface area (Å²) in [5.41, 5.74) is 2.58. The van der Waals surface area contributed by atoms with Gasteiger partial charge in [-0.15, -0.1) is 0 Å². The van der Waals surface area contributed by atoms with E-state index in [2.05, 4.69) is 10.4 Å². The molecule has 0 radical (unpaired) electrons. The van der Waals surface area contributed by atoms with Crippen molar-refractivity contribution in [2.24, 2.45) is 0 Å². The number of benzene rings is 2. The zero-order chi connectivity index (χ0) is 20.9. The maximum atomic E-state index is 13.4. The van der Waals surface area contributed by atoms with E-state index in [0.29, 0.717) is 17.0 Å². The lowest BCUT2D eigenvalue weighted by Crippen LogP contribution is -2.18. The highest BCUT2D eigenvalue weighted by Crippen LogP contribution is 2.43. The van der Waals surface area contributed by atoms with Crippen LogP contribution in [0.25, 0.3) is 11.3 Å². The van der Waals surface area contributed by atoms with Gasteiger partial charge in [0.1, 0.15) is 11.9 Å². The fourth-order valence-corrected chi connectivity index (χ4v) is 3.91. The van der Waals surface area contributed by atoms with Crippen molar-refractivity contribution in [2.45, 2.75) is 18.2 Å². The Bertz CT molecular complexity index is 1160. The Kier molecular flexibility index (Phi) is 4.20. The molecule has 1 aromatic heterocycles. The molecule has 30 heavy (non-hydrogen) atoms. The number of hydrogen-bond donors (Lipinski definition) is 1. The fourth-order valence-electron chi connectivity index (χ4n) is 3.91. The van der Waals surface area contributed by atoms with Gasteiger partial charge in [0.2, 0.25) is 0 Å². The summed E-state index contributed by atoms with van der Waals surface area (Å²) in [5, 5.41) is 6.86. The molecule has 0 fully saturated rings. The molecule has 152 valence electrons. The van der Waals surface area contributed by atoms with Crippen molar-refractivity contribution >= 4 is 11.3 Å². The maximum absolute atomic E-state index is 13.4. The Morgan fingerprint density at radius 2 is 1.83 bits per heavy atom. The van der Waals surface area contributed by atoms with E-state index in [9.17, 15) is 13.2 Å². The SMILES string of the molecule is CNc1ccc(-n2nc(C(F)(F)F)cc2C2=CC3Oc4ccccc4C3C=C2)cc1. The van der Waals surface area contributed by atoms with Gasteiger partial charge in [-0.05, 0) is 48.0 Å². The molecule has 0 saturated carbocycles. The molecule has 4 nitrogen and oxygen atoms in total. The number of nitrogens with zero attached hydrogens (tertiary/aromatic N) is 2. The summed E-state index contributed by atoms with van der Waals surface area (Å²) in [5.74, 6) is 0.861. The highest BCUT2D eigenvalue weighted by atomic mass is 19.4. The normalized spacial score (nSPS) is 19.7. The number of ether oxygens (including phenoxy) is 1. The standard InChI is InChI=1S/C23H18F3N3O/c1-27-15-7-9-16(10-8-15)29-19(13-22(28-29)23(24,25)26)14-6-11-18-17-4-2-3-5-20(17)30-21(18)12-14/h2-13,18,21,27H,1H3. The highest BCUT2D eigenvalue weighted by Gasteiger charge is 2.37. The van der Waals surface area contributed by atoms with Crippen LogP contribution < -0.4 is 10.1 Å². The molecule has 2 unspecified atom stereocenters. The van der Waals surface area contributed by atoms with Crippen molar-refractivity contribution in [3.05, 3.63) is 89.8 Å². The number of anilines is 1. The van der Waals surface area contributed by atoms with Gasteiger partial charge in [-0.3, -0.25) is 0 Å². The summed E-state index contributed by atoms with van der Waals surface area (Å²) >= 11 is 0. The Morgan fingerprint density at radius 1 is 1.07 bits per heavy atom. The van der Waals surface area contributed by atoms with Gasteiger partial charge in [0.25, 0.3) is 0 Å². The van der Waals surface area contributed by atoms with Crippen LogP contribution in [0.5, 0.6) is 5.75 Å². The first-order chi connectivity index (χ1) is 14.4. The Balaban J connectivity index is 1.57. The summed E-state index contributed by atoms with van der Waals surface area (Å²) in [7, 11) is 1.78. The average Bonchev–Trinajstić information content (AvgIpc) is 3.35. The van der Waals surface area contributed by atoms with Gasteiger partial charge in [-0.25, -0.2) is 4.68 Å². The minimum Gasteiger partial charge on any atom is -0.485 e. The second kappa shape index (κ2) is 6.79. The number of aromatic nitrogens is 2. The Morgan fingerprint density at radius 3 is 2.57 bits per heavy atom. The molecule has 2 atom stereocenters. The van der Waals surface area contributed by atoms with Crippen molar-refractivity contribution in [1.82, 2.24) is 9.78 Å². The van der Waals surface area contributed by atoms with Gasteiger partial charge < -0.3 is 10.1 Å². The number of para-hydroxylation sites is 1. The van der Waals surface area contributed by atoms with Crippen molar-refractivity contribution in [2.75, 3.05) is 12.4 Å². The Labute approximate surface area is 171 Å². The topological polar surface area (TPSA) is 39.1 Å². The summed E-state index contributed by atoms with van der Waals surface area (Å²) in [6.45, 7) is 0. The second-order valence-corrected chi connectivity index (χ2v) is 7.25. The van der Waals surface area contributed by atoms with Gasteiger partial charge in [0.05, 0.1) is 11.4 Å². The molecule has 0 amide bonds. The molecule has 0 bridgehead atoms. The van der Waals surface area contributed by atoms with Gasteiger partial charge in [-0.2, -0.15) is 18.3 Å². The first kappa shape index (κ1) is 18.5. The van der Waals surface area contributed by atoms with Crippen LogP contribution in [-0.4, -0.2) is 22.9 Å². The van der Waals surface area contributed by atoms with Crippen molar-refractivity contribution in [1.29, 1.82) is 0 Å². The van der Waals surface area contributed by atoms with Gasteiger partial charge in [0, 0.05) is 24.2 Å². The average molecular weight is 409 g/mol. The summed E-state index contributed by atoms with van der Waals surface area (Å²) < 4.78 is 47.6. The van der Waals surface area contributed by atoms with Crippen molar-refractivity contribution in [3.63, 3.8) is 0 Å². The maximum Gasteiger partial charge on any atom is 0.435 e. The van der Waals surface area contributed by atoms with Crippen LogP contribution in [0, 0.1) is 0 Å².